The predicted octanol–water partition coefficient (Wildman–Crippen LogP) is 4.93. The van der Waals surface area contributed by atoms with Crippen molar-refractivity contribution in [2.75, 3.05) is 10.1 Å². The molecule has 1 aromatic heterocycles. The normalized spacial score (nSPS) is 11.2. The highest BCUT2D eigenvalue weighted by Crippen LogP contribution is 2.31. The molecule has 3 aromatic rings. The van der Waals surface area contributed by atoms with Gasteiger partial charge in [0.15, 0.2) is 0 Å². The van der Waals surface area contributed by atoms with Gasteiger partial charge < -0.3 is 4.74 Å². The van der Waals surface area contributed by atoms with Crippen LogP contribution in [0.1, 0.15) is 24.5 Å². The lowest BCUT2D eigenvalue weighted by Crippen LogP contribution is -2.33. The fourth-order valence-corrected chi connectivity index (χ4v) is 4.54. The largest absolute Gasteiger partial charge is 0.457 e. The summed E-state index contributed by atoms with van der Waals surface area (Å²) < 4.78 is 33.2. The summed E-state index contributed by atoms with van der Waals surface area (Å²) in [4.78, 5) is 4.10. The summed E-state index contributed by atoms with van der Waals surface area (Å²) in [6, 6.07) is 18.6. The molecule has 28 heavy (non-hydrogen) atoms. The minimum atomic E-state index is -3.45. The van der Waals surface area contributed by atoms with Crippen molar-refractivity contribution in [3.8, 4) is 11.5 Å². The molecule has 0 amide bonds. The molecule has 0 spiro atoms. The molecule has 2 aromatic carbocycles. The van der Waals surface area contributed by atoms with Crippen LogP contribution in [-0.4, -0.2) is 19.2 Å². The van der Waals surface area contributed by atoms with E-state index in [9.17, 15) is 8.42 Å². The van der Waals surface area contributed by atoms with Gasteiger partial charge in [0.05, 0.1) is 18.0 Å². The molecular formula is C22H24N2O3S. The highest BCUT2D eigenvalue weighted by molar-refractivity contribution is 7.92. The van der Waals surface area contributed by atoms with Gasteiger partial charge in [-0.05, 0) is 60.9 Å². The first kappa shape index (κ1) is 19.9. The van der Waals surface area contributed by atoms with Gasteiger partial charge in [-0.1, -0.05) is 31.2 Å². The van der Waals surface area contributed by atoms with E-state index in [0.717, 1.165) is 16.9 Å². The zero-order valence-electron chi connectivity index (χ0n) is 16.1. The predicted molar refractivity (Wildman–Crippen MR) is 112 cm³/mol. The molecule has 0 fully saturated rings. The molecule has 0 N–H and O–H groups in total. The Balaban J connectivity index is 1.93. The van der Waals surface area contributed by atoms with Crippen LogP contribution < -0.4 is 9.04 Å². The maximum atomic E-state index is 12.9. The van der Waals surface area contributed by atoms with Crippen molar-refractivity contribution < 1.29 is 13.2 Å². The van der Waals surface area contributed by atoms with Crippen LogP contribution in [0.15, 0.2) is 73.1 Å². The molecule has 0 aliphatic rings. The molecule has 0 unspecified atom stereocenters. The SMILES string of the molecule is CCCS(=O)(=O)N(Cc1cccnc1)c1ccc(Oc2ccccc2)cc1C. The van der Waals surface area contributed by atoms with Gasteiger partial charge in [-0.25, -0.2) is 8.42 Å². The van der Waals surface area contributed by atoms with Crippen molar-refractivity contribution in [2.45, 2.75) is 26.8 Å². The first-order valence-electron chi connectivity index (χ1n) is 9.22. The number of hydrogen-bond acceptors (Lipinski definition) is 4. The number of anilines is 1. The number of hydrogen-bond donors (Lipinski definition) is 0. The van der Waals surface area contributed by atoms with E-state index in [1.165, 1.54) is 4.31 Å². The second-order valence-corrected chi connectivity index (χ2v) is 8.56. The Hall–Kier alpha value is -2.86. The number of nitrogens with zero attached hydrogens (tertiary/aromatic N) is 2. The highest BCUT2D eigenvalue weighted by atomic mass is 32.2. The van der Waals surface area contributed by atoms with Gasteiger partial charge in [-0.2, -0.15) is 0 Å². The summed E-state index contributed by atoms with van der Waals surface area (Å²) in [6.45, 7) is 4.00. The van der Waals surface area contributed by atoms with Crippen LogP contribution in [0, 0.1) is 6.92 Å². The average molecular weight is 397 g/mol. The van der Waals surface area contributed by atoms with E-state index in [1.807, 2.05) is 62.4 Å². The standard InChI is InChI=1S/C22H24N2O3S/c1-3-14-28(25,26)24(17-19-8-7-13-23-16-19)22-12-11-21(15-18(22)2)27-20-9-5-4-6-10-20/h4-13,15-16H,3,14,17H2,1-2H3. The molecule has 0 saturated carbocycles. The maximum Gasteiger partial charge on any atom is 0.235 e. The summed E-state index contributed by atoms with van der Waals surface area (Å²) >= 11 is 0. The fraction of sp³-hybridized carbons (Fsp3) is 0.227. The van der Waals surface area contributed by atoms with E-state index in [-0.39, 0.29) is 12.3 Å². The number of aryl methyl sites for hydroxylation is 1. The van der Waals surface area contributed by atoms with Gasteiger partial charge in [-0.15, -0.1) is 0 Å². The van der Waals surface area contributed by atoms with Gasteiger partial charge in [0.2, 0.25) is 10.0 Å². The van der Waals surface area contributed by atoms with Crippen LogP contribution >= 0.6 is 0 Å². The van der Waals surface area contributed by atoms with E-state index >= 15 is 0 Å². The number of benzene rings is 2. The van der Waals surface area contributed by atoms with Crippen LogP contribution in [0.2, 0.25) is 0 Å². The van der Waals surface area contributed by atoms with Gasteiger partial charge >= 0.3 is 0 Å². The molecule has 6 heteroatoms. The Morgan fingerprint density at radius 3 is 2.43 bits per heavy atom. The summed E-state index contributed by atoms with van der Waals surface area (Å²) in [5, 5.41) is 0. The first-order chi connectivity index (χ1) is 13.5. The lowest BCUT2D eigenvalue weighted by Gasteiger charge is -2.26. The topological polar surface area (TPSA) is 59.5 Å². The van der Waals surface area contributed by atoms with Crippen LogP contribution in [-0.2, 0) is 16.6 Å². The molecule has 0 aliphatic heterocycles. The average Bonchev–Trinajstić information content (AvgIpc) is 2.68. The smallest absolute Gasteiger partial charge is 0.235 e. The molecular weight excluding hydrogens is 372 g/mol. The fourth-order valence-electron chi connectivity index (χ4n) is 2.95. The van der Waals surface area contributed by atoms with Crippen LogP contribution in [0.5, 0.6) is 11.5 Å². The third kappa shape index (κ3) is 4.89. The van der Waals surface area contributed by atoms with Crippen LogP contribution in [0.3, 0.4) is 0 Å². The van der Waals surface area contributed by atoms with E-state index < -0.39 is 10.0 Å². The first-order valence-corrected chi connectivity index (χ1v) is 10.8. The monoisotopic (exact) mass is 396 g/mol. The van der Waals surface area contributed by atoms with Crippen molar-refractivity contribution in [1.29, 1.82) is 0 Å². The number of sulfonamides is 1. The second kappa shape index (κ2) is 8.89. The Kier molecular flexibility index (Phi) is 6.31. The van der Waals surface area contributed by atoms with E-state index in [1.54, 1.807) is 24.5 Å². The quantitative estimate of drug-likeness (QED) is 0.542. The van der Waals surface area contributed by atoms with Crippen LogP contribution in [0.25, 0.3) is 0 Å². The van der Waals surface area contributed by atoms with Crippen molar-refractivity contribution >= 4 is 15.7 Å². The van der Waals surface area contributed by atoms with Crippen molar-refractivity contribution in [2.24, 2.45) is 0 Å². The maximum absolute atomic E-state index is 12.9. The third-order valence-electron chi connectivity index (χ3n) is 4.26. The molecule has 3 rings (SSSR count). The molecule has 146 valence electrons. The van der Waals surface area contributed by atoms with Gasteiger partial charge in [0, 0.05) is 12.4 Å². The third-order valence-corrected chi connectivity index (χ3v) is 6.18. The lowest BCUT2D eigenvalue weighted by molar-refractivity contribution is 0.482. The lowest BCUT2D eigenvalue weighted by atomic mass is 10.1. The van der Waals surface area contributed by atoms with E-state index in [2.05, 4.69) is 4.98 Å². The molecule has 0 aliphatic carbocycles. The number of ether oxygens (including phenoxy) is 1. The Bertz CT molecular complexity index is 1010. The van der Waals surface area contributed by atoms with Crippen molar-refractivity contribution in [3.05, 3.63) is 84.2 Å². The van der Waals surface area contributed by atoms with Crippen molar-refractivity contribution in [3.63, 3.8) is 0 Å². The number of rotatable bonds is 8. The molecule has 0 atom stereocenters. The van der Waals surface area contributed by atoms with Crippen LogP contribution in [0.4, 0.5) is 5.69 Å². The number of para-hydroxylation sites is 1. The Morgan fingerprint density at radius 1 is 1.00 bits per heavy atom. The highest BCUT2D eigenvalue weighted by Gasteiger charge is 2.23. The second-order valence-electron chi connectivity index (χ2n) is 6.55. The summed E-state index contributed by atoms with van der Waals surface area (Å²) in [7, 11) is -3.45. The molecule has 0 bridgehead atoms. The van der Waals surface area contributed by atoms with Gasteiger partial charge in [0.1, 0.15) is 11.5 Å². The molecule has 5 nitrogen and oxygen atoms in total. The summed E-state index contributed by atoms with van der Waals surface area (Å²) in [5.74, 6) is 1.50. The van der Waals surface area contributed by atoms with E-state index in [0.29, 0.717) is 17.9 Å². The Morgan fingerprint density at radius 2 is 1.79 bits per heavy atom. The molecule has 0 saturated heterocycles. The zero-order chi connectivity index (χ0) is 20.0. The van der Waals surface area contributed by atoms with Gasteiger partial charge in [-0.3, -0.25) is 9.29 Å². The number of pyridine rings is 1. The minimum absolute atomic E-state index is 0.0922. The van der Waals surface area contributed by atoms with Crippen molar-refractivity contribution in [1.82, 2.24) is 4.98 Å². The number of aromatic nitrogens is 1. The summed E-state index contributed by atoms with van der Waals surface area (Å²) in [6.07, 6.45) is 3.92. The Labute approximate surface area is 166 Å². The molecule has 1 heterocycles. The van der Waals surface area contributed by atoms with E-state index in [4.69, 9.17) is 4.74 Å². The van der Waals surface area contributed by atoms with Gasteiger partial charge in [0.25, 0.3) is 0 Å². The minimum Gasteiger partial charge on any atom is -0.457 e. The molecule has 0 radical (unpaired) electrons. The summed E-state index contributed by atoms with van der Waals surface area (Å²) in [5.41, 5.74) is 2.32. The zero-order valence-corrected chi connectivity index (χ0v) is 16.9.